The van der Waals surface area contributed by atoms with E-state index < -0.39 is 0 Å². The van der Waals surface area contributed by atoms with E-state index in [0.717, 1.165) is 5.56 Å². The number of carbonyl (C=O) groups excluding carboxylic acids is 1. The molecule has 0 fully saturated rings. The molecule has 4 N–H and O–H groups in total. The summed E-state index contributed by atoms with van der Waals surface area (Å²) in [6.45, 7) is 0.453. The molecule has 0 spiro atoms. The van der Waals surface area contributed by atoms with Crippen LogP contribution in [-0.2, 0) is 6.42 Å². The molecule has 6 heteroatoms. The minimum absolute atomic E-state index is 0.126. The Hall–Kier alpha value is -2.27. The summed E-state index contributed by atoms with van der Waals surface area (Å²) in [4.78, 5) is 15.8. The first-order valence-electron chi connectivity index (χ1n) is 6.03. The van der Waals surface area contributed by atoms with Gasteiger partial charge in [-0.25, -0.2) is 4.98 Å². The van der Waals surface area contributed by atoms with Gasteiger partial charge in [-0.05, 0) is 30.2 Å². The van der Waals surface area contributed by atoms with E-state index in [2.05, 4.69) is 10.3 Å². The van der Waals surface area contributed by atoms with Gasteiger partial charge in [0.2, 0.25) is 0 Å². The number of aromatic nitrogens is 1. The lowest BCUT2D eigenvalue weighted by Gasteiger charge is -2.07. The number of aromatic hydroxyl groups is 1. The Morgan fingerprint density at radius 2 is 2.05 bits per heavy atom. The molecule has 0 bridgehead atoms. The molecule has 2 aromatic rings. The van der Waals surface area contributed by atoms with Crippen molar-refractivity contribution in [2.45, 2.75) is 6.42 Å². The van der Waals surface area contributed by atoms with Gasteiger partial charge in [0.25, 0.3) is 5.91 Å². The molecule has 0 saturated heterocycles. The van der Waals surface area contributed by atoms with E-state index in [1.54, 1.807) is 24.3 Å². The van der Waals surface area contributed by atoms with Gasteiger partial charge in [-0.2, -0.15) is 0 Å². The normalized spacial score (nSPS) is 10.2. The van der Waals surface area contributed by atoms with E-state index in [4.69, 9.17) is 17.3 Å². The standard InChI is InChI=1S/C14H14ClN3O2/c15-13-12(7-10(16)8-18-13)14(20)17-6-5-9-1-3-11(19)4-2-9/h1-4,7-8,19H,5-6,16H2,(H,17,20). The third-order valence-electron chi connectivity index (χ3n) is 2.74. The third-order valence-corrected chi connectivity index (χ3v) is 3.04. The summed E-state index contributed by atoms with van der Waals surface area (Å²) in [7, 11) is 0. The van der Waals surface area contributed by atoms with Crippen LogP contribution >= 0.6 is 11.6 Å². The largest absolute Gasteiger partial charge is 0.508 e. The van der Waals surface area contributed by atoms with Gasteiger partial charge in [-0.1, -0.05) is 23.7 Å². The van der Waals surface area contributed by atoms with Crippen LogP contribution in [0, 0.1) is 0 Å². The summed E-state index contributed by atoms with van der Waals surface area (Å²) in [5.74, 6) is -0.0935. The summed E-state index contributed by atoms with van der Waals surface area (Å²) >= 11 is 5.85. The highest BCUT2D eigenvalue weighted by atomic mass is 35.5. The maximum atomic E-state index is 11.9. The van der Waals surface area contributed by atoms with Crippen LogP contribution in [0.5, 0.6) is 5.75 Å². The maximum absolute atomic E-state index is 11.9. The zero-order valence-electron chi connectivity index (χ0n) is 10.6. The van der Waals surface area contributed by atoms with Crippen LogP contribution in [0.2, 0.25) is 5.15 Å². The van der Waals surface area contributed by atoms with Gasteiger partial charge in [-0.3, -0.25) is 4.79 Å². The Labute approximate surface area is 121 Å². The number of hydrogen-bond donors (Lipinski definition) is 3. The van der Waals surface area contributed by atoms with Crippen molar-refractivity contribution in [2.75, 3.05) is 12.3 Å². The number of nitrogen functional groups attached to an aromatic ring is 1. The monoisotopic (exact) mass is 291 g/mol. The fourth-order valence-electron chi connectivity index (χ4n) is 1.70. The topological polar surface area (TPSA) is 88.2 Å². The molecule has 0 unspecified atom stereocenters. The molecule has 20 heavy (non-hydrogen) atoms. The summed E-state index contributed by atoms with van der Waals surface area (Å²) < 4.78 is 0. The first kappa shape index (κ1) is 14.1. The average Bonchev–Trinajstić information content (AvgIpc) is 2.43. The van der Waals surface area contributed by atoms with Gasteiger partial charge >= 0.3 is 0 Å². The molecule has 104 valence electrons. The Kier molecular flexibility index (Phi) is 4.42. The van der Waals surface area contributed by atoms with Crippen LogP contribution in [0.4, 0.5) is 5.69 Å². The number of benzene rings is 1. The molecule has 1 aromatic heterocycles. The van der Waals surface area contributed by atoms with Crippen LogP contribution < -0.4 is 11.1 Å². The van der Waals surface area contributed by atoms with Crippen LogP contribution in [0.1, 0.15) is 15.9 Å². The second-order valence-corrected chi connectivity index (χ2v) is 4.64. The fraction of sp³-hybridized carbons (Fsp3) is 0.143. The van der Waals surface area contributed by atoms with Crippen molar-refractivity contribution in [3.8, 4) is 5.75 Å². The lowest BCUT2D eigenvalue weighted by atomic mass is 10.1. The summed E-state index contributed by atoms with van der Waals surface area (Å²) in [6, 6.07) is 8.31. The van der Waals surface area contributed by atoms with Gasteiger partial charge in [-0.15, -0.1) is 0 Å². The zero-order valence-corrected chi connectivity index (χ0v) is 11.4. The minimum atomic E-state index is -0.312. The molecule has 1 heterocycles. The number of nitrogens with zero attached hydrogens (tertiary/aromatic N) is 1. The molecule has 0 radical (unpaired) electrons. The highest BCUT2D eigenvalue weighted by molar-refractivity contribution is 6.32. The number of nitrogens with two attached hydrogens (primary N) is 1. The first-order valence-corrected chi connectivity index (χ1v) is 6.41. The molecule has 0 atom stereocenters. The van der Waals surface area contributed by atoms with Crippen LogP contribution in [0.25, 0.3) is 0 Å². The number of carbonyl (C=O) groups is 1. The fourth-order valence-corrected chi connectivity index (χ4v) is 1.89. The van der Waals surface area contributed by atoms with Crippen molar-refractivity contribution in [1.29, 1.82) is 0 Å². The van der Waals surface area contributed by atoms with Crippen LogP contribution in [0.3, 0.4) is 0 Å². The number of halogens is 1. The smallest absolute Gasteiger partial charge is 0.254 e. The summed E-state index contributed by atoms with van der Waals surface area (Å²) in [6.07, 6.45) is 2.05. The summed E-state index contributed by atoms with van der Waals surface area (Å²) in [5, 5.41) is 12.0. The number of rotatable bonds is 4. The van der Waals surface area contributed by atoms with Crippen LogP contribution in [0.15, 0.2) is 36.5 Å². The van der Waals surface area contributed by atoms with E-state index in [1.165, 1.54) is 12.3 Å². The number of anilines is 1. The highest BCUT2D eigenvalue weighted by Crippen LogP contribution is 2.15. The van der Waals surface area contributed by atoms with Crippen LogP contribution in [-0.4, -0.2) is 22.5 Å². The molecule has 1 amide bonds. The lowest BCUT2D eigenvalue weighted by molar-refractivity contribution is 0.0954. The van der Waals surface area contributed by atoms with E-state index in [-0.39, 0.29) is 22.4 Å². The van der Waals surface area contributed by atoms with Crippen molar-refractivity contribution in [3.05, 3.63) is 52.8 Å². The van der Waals surface area contributed by atoms with E-state index in [9.17, 15) is 9.90 Å². The van der Waals surface area contributed by atoms with Gasteiger partial charge < -0.3 is 16.2 Å². The average molecular weight is 292 g/mol. The second kappa shape index (κ2) is 6.25. The number of pyridine rings is 1. The Morgan fingerprint density at radius 3 is 2.75 bits per heavy atom. The molecular weight excluding hydrogens is 278 g/mol. The summed E-state index contributed by atoms with van der Waals surface area (Å²) in [5.41, 5.74) is 7.24. The number of phenolic OH excluding ortho intramolecular Hbond substituents is 1. The quantitative estimate of drug-likeness (QED) is 0.752. The molecule has 1 aromatic carbocycles. The van der Waals surface area contributed by atoms with Crippen molar-refractivity contribution in [2.24, 2.45) is 0 Å². The third kappa shape index (κ3) is 3.61. The molecule has 0 saturated carbocycles. The van der Waals surface area contributed by atoms with Crippen molar-refractivity contribution < 1.29 is 9.90 Å². The molecule has 5 nitrogen and oxygen atoms in total. The molecular formula is C14H14ClN3O2. The van der Waals surface area contributed by atoms with Crippen molar-refractivity contribution >= 4 is 23.2 Å². The molecule has 2 rings (SSSR count). The molecule has 0 aliphatic carbocycles. The Morgan fingerprint density at radius 1 is 1.35 bits per heavy atom. The number of amides is 1. The Balaban J connectivity index is 1.92. The minimum Gasteiger partial charge on any atom is -0.508 e. The zero-order chi connectivity index (χ0) is 14.5. The van der Waals surface area contributed by atoms with Crippen molar-refractivity contribution in [1.82, 2.24) is 10.3 Å². The highest BCUT2D eigenvalue weighted by Gasteiger charge is 2.11. The first-order chi connectivity index (χ1) is 9.56. The Bertz CT molecular complexity index is 614. The maximum Gasteiger partial charge on any atom is 0.254 e. The van der Waals surface area contributed by atoms with E-state index >= 15 is 0 Å². The van der Waals surface area contributed by atoms with Gasteiger partial charge in [0.05, 0.1) is 17.4 Å². The molecule has 0 aliphatic rings. The van der Waals surface area contributed by atoms with Gasteiger partial charge in [0, 0.05) is 6.54 Å². The van der Waals surface area contributed by atoms with Crippen molar-refractivity contribution in [3.63, 3.8) is 0 Å². The second-order valence-electron chi connectivity index (χ2n) is 4.28. The number of nitrogens with one attached hydrogen (secondary N) is 1. The van der Waals surface area contributed by atoms with E-state index in [1.807, 2.05) is 0 Å². The number of phenols is 1. The lowest BCUT2D eigenvalue weighted by Crippen LogP contribution is -2.26. The van der Waals surface area contributed by atoms with E-state index in [0.29, 0.717) is 18.7 Å². The van der Waals surface area contributed by atoms with Gasteiger partial charge in [0.15, 0.2) is 0 Å². The van der Waals surface area contributed by atoms with Gasteiger partial charge in [0.1, 0.15) is 10.9 Å². The predicted octanol–water partition coefficient (Wildman–Crippen LogP) is 2.00. The predicted molar refractivity (Wildman–Crippen MR) is 77.8 cm³/mol. The number of hydrogen-bond acceptors (Lipinski definition) is 4. The SMILES string of the molecule is Nc1cnc(Cl)c(C(=O)NCCc2ccc(O)cc2)c1. The molecule has 0 aliphatic heterocycles.